The summed E-state index contributed by atoms with van der Waals surface area (Å²) in [6, 6.07) is 0. The van der Waals surface area contributed by atoms with Crippen LogP contribution in [0.2, 0.25) is 0 Å². The zero-order chi connectivity index (χ0) is 28.9. The van der Waals surface area contributed by atoms with Crippen LogP contribution in [0.3, 0.4) is 0 Å². The summed E-state index contributed by atoms with van der Waals surface area (Å²) in [5.41, 5.74) is 0. The van der Waals surface area contributed by atoms with Gasteiger partial charge in [0, 0.05) is 0 Å². The van der Waals surface area contributed by atoms with E-state index in [2.05, 4.69) is 19.6 Å². The average molecular weight is 561 g/mol. The van der Waals surface area contributed by atoms with Gasteiger partial charge in [-0.25, -0.2) is 0 Å². The Labute approximate surface area is 256 Å². The van der Waals surface area contributed by atoms with Crippen molar-refractivity contribution >= 4 is 0 Å². The Morgan fingerprint density at radius 2 is 0.400 bits per heavy atom. The van der Waals surface area contributed by atoms with Gasteiger partial charge in [-0.2, -0.15) is 0 Å². The van der Waals surface area contributed by atoms with Gasteiger partial charge in [-0.3, -0.25) is 0 Å². The highest BCUT2D eigenvalue weighted by Crippen LogP contribution is 2.17. The summed E-state index contributed by atoms with van der Waals surface area (Å²) >= 11 is 0. The maximum atomic E-state index is 3.81. The van der Waals surface area contributed by atoms with Crippen molar-refractivity contribution in [2.24, 2.45) is 0 Å². The fraction of sp³-hybridized carbons (Fsp3) is 0.950. The maximum Gasteiger partial charge on any atom is -0.0353 e. The van der Waals surface area contributed by atoms with Crippen molar-refractivity contribution in [2.75, 3.05) is 0 Å². The molecule has 0 heteroatoms. The topological polar surface area (TPSA) is 0 Å². The van der Waals surface area contributed by atoms with Crippen molar-refractivity contribution in [1.82, 2.24) is 0 Å². The van der Waals surface area contributed by atoms with E-state index in [4.69, 9.17) is 0 Å². The molecule has 0 aromatic carbocycles. The summed E-state index contributed by atoms with van der Waals surface area (Å²) in [4.78, 5) is 0. The minimum Gasteiger partial charge on any atom is -0.103 e. The number of hydrogen-bond donors (Lipinski definition) is 0. The Bertz CT molecular complexity index is 424. The van der Waals surface area contributed by atoms with Gasteiger partial charge in [0.1, 0.15) is 0 Å². The van der Waals surface area contributed by atoms with E-state index < -0.39 is 0 Å². The fourth-order valence-corrected chi connectivity index (χ4v) is 6.37. The van der Waals surface area contributed by atoms with Gasteiger partial charge in [0.05, 0.1) is 0 Å². The van der Waals surface area contributed by atoms with Crippen LogP contribution in [0, 0.1) is 0 Å². The molecule has 240 valence electrons. The Balaban J connectivity index is 3.02. The Kier molecular flexibility index (Phi) is 38.5. The van der Waals surface area contributed by atoms with Gasteiger partial charge in [0.25, 0.3) is 0 Å². The molecule has 0 rings (SSSR count). The third kappa shape index (κ3) is 37.7. The van der Waals surface area contributed by atoms with Crippen LogP contribution < -0.4 is 0 Å². The van der Waals surface area contributed by atoms with Crippen molar-refractivity contribution < 1.29 is 0 Å². The molecule has 0 aromatic heterocycles. The summed E-state index contributed by atoms with van der Waals surface area (Å²) in [6.07, 6.45) is 56.4. The first kappa shape index (κ1) is 39.7. The van der Waals surface area contributed by atoms with E-state index >= 15 is 0 Å². The minimum absolute atomic E-state index is 1.21. The molecule has 0 fully saturated rings. The first-order chi connectivity index (χ1) is 19.9. The van der Waals surface area contributed by atoms with Crippen LogP contribution >= 0.6 is 0 Å². The molecule has 0 bridgehead atoms. The number of allylic oxidation sites excluding steroid dienone is 1. The molecular formula is C40H80. The summed E-state index contributed by atoms with van der Waals surface area (Å²) in [5, 5.41) is 0. The molecule has 0 aliphatic carbocycles. The monoisotopic (exact) mass is 561 g/mol. The van der Waals surface area contributed by atoms with E-state index in [1.807, 2.05) is 0 Å². The molecule has 0 heterocycles. The van der Waals surface area contributed by atoms with Crippen molar-refractivity contribution in [3.8, 4) is 0 Å². The van der Waals surface area contributed by atoms with Crippen LogP contribution in [0.4, 0.5) is 0 Å². The molecule has 0 aliphatic rings. The Hall–Kier alpha value is -0.260. The molecule has 40 heavy (non-hydrogen) atoms. The van der Waals surface area contributed by atoms with E-state index in [9.17, 15) is 0 Å². The lowest BCUT2D eigenvalue weighted by atomic mass is 10.0. The summed E-state index contributed by atoms with van der Waals surface area (Å²) in [5.74, 6) is 0. The lowest BCUT2D eigenvalue weighted by molar-refractivity contribution is 0.510. The first-order valence-corrected chi connectivity index (χ1v) is 19.5. The summed E-state index contributed by atoms with van der Waals surface area (Å²) < 4.78 is 0. The maximum absolute atomic E-state index is 3.81. The molecule has 0 atom stereocenters. The average Bonchev–Trinajstić information content (AvgIpc) is 2.97. The lowest BCUT2D eigenvalue weighted by Crippen LogP contribution is -1.85. The highest BCUT2D eigenvalue weighted by molar-refractivity contribution is 4.65. The minimum atomic E-state index is 1.21. The quantitative estimate of drug-likeness (QED) is 0.0523. The van der Waals surface area contributed by atoms with Gasteiger partial charge in [0.2, 0.25) is 0 Å². The molecule has 0 saturated heterocycles. The molecule has 0 amide bonds. The third-order valence-electron chi connectivity index (χ3n) is 9.26. The third-order valence-corrected chi connectivity index (χ3v) is 9.26. The van der Waals surface area contributed by atoms with Crippen molar-refractivity contribution in [3.63, 3.8) is 0 Å². The Morgan fingerprint density at radius 1 is 0.250 bits per heavy atom. The van der Waals surface area contributed by atoms with Gasteiger partial charge < -0.3 is 0 Å². The second kappa shape index (κ2) is 38.7. The molecule has 0 spiro atoms. The van der Waals surface area contributed by atoms with E-state index in [1.54, 1.807) is 0 Å². The first-order valence-electron chi connectivity index (χ1n) is 19.5. The van der Waals surface area contributed by atoms with Crippen LogP contribution in [0.5, 0.6) is 0 Å². The molecule has 0 aromatic rings. The van der Waals surface area contributed by atoms with Crippen LogP contribution in [-0.4, -0.2) is 0 Å². The van der Waals surface area contributed by atoms with E-state index in [-0.39, 0.29) is 0 Å². The van der Waals surface area contributed by atoms with Gasteiger partial charge in [-0.15, -0.1) is 6.58 Å². The normalized spacial score (nSPS) is 11.4. The summed E-state index contributed by atoms with van der Waals surface area (Å²) in [7, 11) is 0. The molecule has 0 unspecified atom stereocenters. The zero-order valence-electron chi connectivity index (χ0n) is 28.4. The Morgan fingerprint density at radius 3 is 0.550 bits per heavy atom. The smallest absolute Gasteiger partial charge is 0.0353 e. The fourth-order valence-electron chi connectivity index (χ4n) is 6.37. The number of hydrogen-bond acceptors (Lipinski definition) is 0. The van der Waals surface area contributed by atoms with Gasteiger partial charge in [0.15, 0.2) is 0 Å². The lowest BCUT2D eigenvalue weighted by Gasteiger charge is -2.05. The van der Waals surface area contributed by atoms with Gasteiger partial charge >= 0.3 is 0 Å². The van der Waals surface area contributed by atoms with Crippen molar-refractivity contribution in [2.45, 2.75) is 244 Å². The van der Waals surface area contributed by atoms with Crippen LogP contribution in [0.25, 0.3) is 0 Å². The van der Waals surface area contributed by atoms with Crippen LogP contribution in [0.15, 0.2) is 12.7 Å². The van der Waals surface area contributed by atoms with E-state index in [1.165, 1.54) is 238 Å². The molecule has 0 nitrogen and oxygen atoms in total. The predicted octanol–water partition coefficient (Wildman–Crippen LogP) is 15.6. The van der Waals surface area contributed by atoms with E-state index in [0.717, 1.165) is 0 Å². The SMILES string of the molecule is C=CCCCCCCCCCCCCCCCCCCCCCCCCCCCCCCCCCCCCCC. The standard InChI is InChI=1S/C40H80/c1-3-5-7-9-11-13-15-17-19-21-23-25-27-29-31-33-35-37-39-40-38-36-34-32-30-28-26-24-22-20-18-16-14-12-10-8-6-4-2/h3H,1,4-40H2,2H3. The number of rotatable bonds is 37. The molecular weight excluding hydrogens is 480 g/mol. The molecule has 0 radical (unpaired) electrons. The highest BCUT2D eigenvalue weighted by Gasteiger charge is 1.97. The highest BCUT2D eigenvalue weighted by atomic mass is 14.0. The van der Waals surface area contributed by atoms with Crippen LogP contribution in [-0.2, 0) is 0 Å². The van der Waals surface area contributed by atoms with Gasteiger partial charge in [-0.1, -0.05) is 238 Å². The number of unbranched alkanes of at least 4 members (excludes halogenated alkanes) is 36. The van der Waals surface area contributed by atoms with E-state index in [0.29, 0.717) is 0 Å². The molecule has 0 aliphatic heterocycles. The largest absolute Gasteiger partial charge is 0.103 e. The molecule has 0 saturated carbocycles. The van der Waals surface area contributed by atoms with Gasteiger partial charge in [-0.05, 0) is 12.8 Å². The second-order valence-corrected chi connectivity index (χ2v) is 13.5. The van der Waals surface area contributed by atoms with Crippen molar-refractivity contribution in [3.05, 3.63) is 12.7 Å². The predicted molar refractivity (Wildman–Crippen MR) is 187 cm³/mol. The summed E-state index contributed by atoms with van der Waals surface area (Å²) in [6.45, 7) is 6.11. The van der Waals surface area contributed by atoms with Crippen molar-refractivity contribution in [1.29, 1.82) is 0 Å². The molecule has 0 N–H and O–H groups in total. The zero-order valence-corrected chi connectivity index (χ0v) is 28.4. The van der Waals surface area contributed by atoms with Crippen LogP contribution in [0.1, 0.15) is 244 Å². The second-order valence-electron chi connectivity index (χ2n) is 13.5.